The lowest BCUT2D eigenvalue weighted by molar-refractivity contribution is -0.157. The van der Waals surface area contributed by atoms with Gasteiger partial charge >= 0.3 is 5.97 Å². The molecule has 3 aromatic carbocycles. The van der Waals surface area contributed by atoms with E-state index in [1.54, 1.807) is 63.2 Å². The summed E-state index contributed by atoms with van der Waals surface area (Å²) in [6, 6.07) is 26.3. The molecule has 10 heteroatoms. The van der Waals surface area contributed by atoms with Crippen LogP contribution in [0.25, 0.3) is 0 Å². The van der Waals surface area contributed by atoms with Gasteiger partial charge in [-0.1, -0.05) is 60.1 Å². The highest BCUT2D eigenvalue weighted by atomic mass is 35.5. The minimum atomic E-state index is -3.86. The molecule has 0 spiro atoms. The van der Waals surface area contributed by atoms with Crippen molar-refractivity contribution in [2.45, 2.75) is 55.6 Å². The second kappa shape index (κ2) is 13.9. The largest absolute Gasteiger partial charge is 0.458 e. The van der Waals surface area contributed by atoms with Crippen LogP contribution in [0.5, 0.6) is 0 Å². The van der Waals surface area contributed by atoms with Crippen LogP contribution in [0.1, 0.15) is 53.3 Å². The van der Waals surface area contributed by atoms with Gasteiger partial charge in [0.1, 0.15) is 11.6 Å². The molecule has 0 saturated carbocycles. The maximum atomic E-state index is 13.5. The Balaban J connectivity index is 1.48. The fourth-order valence-corrected chi connectivity index (χ4v) is 5.98. The van der Waals surface area contributed by atoms with Gasteiger partial charge in [0.15, 0.2) is 15.2 Å². The quantitative estimate of drug-likeness (QED) is 0.208. The zero-order chi connectivity index (χ0) is 31.0. The highest BCUT2D eigenvalue weighted by Gasteiger charge is 2.30. The van der Waals surface area contributed by atoms with Crippen molar-refractivity contribution >= 4 is 33.3 Å². The van der Waals surface area contributed by atoms with Crippen molar-refractivity contribution in [2.75, 3.05) is 0 Å². The van der Waals surface area contributed by atoms with Crippen LogP contribution < -0.4 is 10.6 Å². The number of carbonyl (C=O) groups is 2. The normalized spacial score (nSPS) is 13.1. The van der Waals surface area contributed by atoms with Gasteiger partial charge in [0.2, 0.25) is 0 Å². The number of carbonyl (C=O) groups excluding carboxylic acids is 2. The van der Waals surface area contributed by atoms with E-state index in [1.165, 1.54) is 30.5 Å². The predicted molar refractivity (Wildman–Crippen MR) is 166 cm³/mol. The zero-order valence-electron chi connectivity index (χ0n) is 24.2. The summed E-state index contributed by atoms with van der Waals surface area (Å²) in [4.78, 5) is 30.5. The standard InChI is InChI=1S/C33H34ClN3O5S/c1-33(2,3)42-32(39)29(21-23-9-5-4-6-10-23)37-30(38)25-14-12-24(13-15-25)22-36-31(28-11-7-8-20-35-28)43(40,41)27-18-16-26(34)17-19-27/h4-20,29,31,36H,21-22H2,1-3H3,(H,37,38)/t29-,31?/m0/s1. The number of hydrogen-bond donors (Lipinski definition) is 2. The monoisotopic (exact) mass is 619 g/mol. The molecule has 0 bridgehead atoms. The summed E-state index contributed by atoms with van der Waals surface area (Å²) in [6.45, 7) is 5.51. The van der Waals surface area contributed by atoms with Crippen molar-refractivity contribution in [2.24, 2.45) is 0 Å². The van der Waals surface area contributed by atoms with Crippen LogP contribution in [0.3, 0.4) is 0 Å². The minimum absolute atomic E-state index is 0.113. The fraction of sp³-hybridized carbons (Fsp3) is 0.242. The first kappa shape index (κ1) is 31.9. The van der Waals surface area contributed by atoms with Crippen LogP contribution in [-0.4, -0.2) is 36.9 Å². The lowest BCUT2D eigenvalue weighted by Crippen LogP contribution is -2.45. The van der Waals surface area contributed by atoms with Gasteiger partial charge in [-0.05, 0) is 80.4 Å². The van der Waals surface area contributed by atoms with E-state index in [0.717, 1.165) is 11.1 Å². The van der Waals surface area contributed by atoms with Crippen LogP contribution in [0, 0.1) is 0 Å². The molecule has 1 heterocycles. The zero-order valence-corrected chi connectivity index (χ0v) is 25.7. The molecule has 1 aromatic heterocycles. The third-order valence-corrected chi connectivity index (χ3v) is 8.61. The maximum Gasteiger partial charge on any atom is 0.329 e. The number of aromatic nitrogens is 1. The van der Waals surface area contributed by atoms with Crippen molar-refractivity contribution < 1.29 is 22.7 Å². The van der Waals surface area contributed by atoms with Gasteiger partial charge in [-0.25, -0.2) is 13.2 Å². The Labute approximate surface area is 257 Å². The fourth-order valence-electron chi connectivity index (χ4n) is 4.31. The highest BCUT2D eigenvalue weighted by Crippen LogP contribution is 2.27. The minimum Gasteiger partial charge on any atom is -0.458 e. The lowest BCUT2D eigenvalue weighted by Gasteiger charge is -2.24. The summed E-state index contributed by atoms with van der Waals surface area (Å²) in [5, 5.41) is 5.23. The Kier molecular flexibility index (Phi) is 10.3. The molecule has 8 nitrogen and oxygen atoms in total. The molecular formula is C33H34ClN3O5S. The molecule has 2 N–H and O–H groups in total. The van der Waals surface area contributed by atoms with Gasteiger partial charge in [0.05, 0.1) is 10.6 Å². The van der Waals surface area contributed by atoms with Gasteiger partial charge in [-0.2, -0.15) is 0 Å². The molecule has 0 radical (unpaired) electrons. The second-order valence-corrected chi connectivity index (χ2v) is 13.4. The van der Waals surface area contributed by atoms with Gasteiger partial charge in [-0.15, -0.1) is 0 Å². The number of hydrogen-bond acceptors (Lipinski definition) is 7. The molecule has 0 saturated heterocycles. The smallest absolute Gasteiger partial charge is 0.329 e. The van der Waals surface area contributed by atoms with E-state index < -0.39 is 38.7 Å². The van der Waals surface area contributed by atoms with Gasteiger partial charge < -0.3 is 10.1 Å². The van der Waals surface area contributed by atoms with Crippen molar-refractivity contribution in [1.82, 2.24) is 15.6 Å². The molecule has 4 aromatic rings. The highest BCUT2D eigenvalue weighted by molar-refractivity contribution is 7.91. The summed E-state index contributed by atoms with van der Waals surface area (Å²) >= 11 is 5.97. The van der Waals surface area contributed by atoms with Crippen molar-refractivity contribution in [1.29, 1.82) is 0 Å². The Morgan fingerprint density at radius 2 is 1.51 bits per heavy atom. The molecule has 2 atom stereocenters. The second-order valence-electron chi connectivity index (χ2n) is 11.0. The molecular weight excluding hydrogens is 586 g/mol. The van der Waals surface area contributed by atoms with Crippen LogP contribution in [-0.2, 0) is 32.3 Å². The van der Waals surface area contributed by atoms with E-state index in [2.05, 4.69) is 15.6 Å². The number of sulfone groups is 1. The van der Waals surface area contributed by atoms with Crippen molar-refractivity contribution in [3.8, 4) is 0 Å². The van der Waals surface area contributed by atoms with Crippen molar-refractivity contribution in [3.05, 3.63) is 131 Å². The van der Waals surface area contributed by atoms with Crippen LogP contribution >= 0.6 is 11.6 Å². The third-order valence-electron chi connectivity index (χ3n) is 6.40. The predicted octanol–water partition coefficient (Wildman–Crippen LogP) is 5.68. The SMILES string of the molecule is CC(C)(C)OC(=O)[C@H](Cc1ccccc1)NC(=O)c1ccc(CNC(c2ccccn2)S(=O)(=O)c2ccc(Cl)cc2)cc1. The molecule has 0 aliphatic rings. The van der Waals surface area contributed by atoms with E-state index >= 15 is 0 Å². The van der Waals surface area contributed by atoms with Crippen LogP contribution in [0.15, 0.2) is 108 Å². The number of rotatable bonds is 11. The first-order chi connectivity index (χ1) is 20.4. The van der Waals surface area contributed by atoms with Gasteiger partial charge in [0.25, 0.3) is 5.91 Å². The summed E-state index contributed by atoms with van der Waals surface area (Å²) in [7, 11) is -3.86. The average Bonchev–Trinajstić information content (AvgIpc) is 2.97. The van der Waals surface area contributed by atoms with Crippen LogP contribution in [0.4, 0.5) is 0 Å². The van der Waals surface area contributed by atoms with E-state index in [4.69, 9.17) is 16.3 Å². The Morgan fingerprint density at radius 3 is 2.12 bits per heavy atom. The number of esters is 1. The molecule has 4 rings (SSSR count). The summed E-state index contributed by atoms with van der Waals surface area (Å²) in [5.74, 6) is -0.948. The summed E-state index contributed by atoms with van der Waals surface area (Å²) in [6.07, 6.45) is 1.82. The average molecular weight is 620 g/mol. The van der Waals surface area contributed by atoms with Gasteiger partial charge in [-0.3, -0.25) is 15.1 Å². The maximum absolute atomic E-state index is 13.5. The Bertz CT molecular complexity index is 1620. The number of nitrogens with one attached hydrogen (secondary N) is 2. The number of halogens is 1. The van der Waals surface area contributed by atoms with Crippen molar-refractivity contribution in [3.63, 3.8) is 0 Å². The van der Waals surface area contributed by atoms with E-state index in [9.17, 15) is 18.0 Å². The van der Waals surface area contributed by atoms with E-state index in [-0.39, 0.29) is 17.9 Å². The number of pyridine rings is 1. The Morgan fingerprint density at radius 1 is 0.860 bits per heavy atom. The molecule has 1 amide bonds. The molecule has 0 aliphatic heterocycles. The number of benzene rings is 3. The topological polar surface area (TPSA) is 114 Å². The van der Waals surface area contributed by atoms with E-state index in [1.807, 2.05) is 30.3 Å². The molecule has 1 unspecified atom stereocenters. The number of ether oxygens (including phenoxy) is 1. The number of amides is 1. The first-order valence-corrected chi connectivity index (χ1v) is 15.7. The number of nitrogens with zero attached hydrogens (tertiary/aromatic N) is 1. The summed E-state index contributed by atoms with van der Waals surface area (Å²) in [5.41, 5.74) is 1.62. The lowest BCUT2D eigenvalue weighted by atomic mass is 10.0. The van der Waals surface area contributed by atoms with E-state index in [0.29, 0.717) is 16.3 Å². The molecule has 0 aliphatic carbocycles. The third kappa shape index (κ3) is 8.97. The molecule has 43 heavy (non-hydrogen) atoms. The molecule has 0 fully saturated rings. The molecule has 224 valence electrons. The first-order valence-electron chi connectivity index (χ1n) is 13.7. The summed E-state index contributed by atoms with van der Waals surface area (Å²) < 4.78 is 32.7. The van der Waals surface area contributed by atoms with Crippen LogP contribution in [0.2, 0.25) is 5.02 Å². The Hall–Kier alpha value is -4.05. The van der Waals surface area contributed by atoms with Gasteiger partial charge in [0, 0.05) is 29.7 Å².